The fourth-order valence-electron chi connectivity index (χ4n) is 3.87. The van der Waals surface area contributed by atoms with Gasteiger partial charge in [-0.25, -0.2) is 0 Å². The summed E-state index contributed by atoms with van der Waals surface area (Å²) in [5.41, 5.74) is 11.8. The lowest BCUT2D eigenvalue weighted by atomic mass is 10.0. The number of carbonyl (C=O) groups excluding carboxylic acids is 1. The van der Waals surface area contributed by atoms with Gasteiger partial charge in [0.15, 0.2) is 0 Å². The summed E-state index contributed by atoms with van der Waals surface area (Å²) in [6.45, 7) is 6.21. The lowest BCUT2D eigenvalue weighted by molar-refractivity contribution is 0.0999. The molecular formula is C23H26N2O. The van der Waals surface area contributed by atoms with E-state index < -0.39 is 0 Å². The number of aromatic nitrogens is 1. The molecule has 1 amide bonds. The molecule has 3 nitrogen and oxygen atoms in total. The van der Waals surface area contributed by atoms with Gasteiger partial charge >= 0.3 is 0 Å². The molecule has 3 aromatic rings. The summed E-state index contributed by atoms with van der Waals surface area (Å²) >= 11 is 0. The van der Waals surface area contributed by atoms with Crippen LogP contribution in [0, 0.1) is 13.8 Å². The van der Waals surface area contributed by atoms with Crippen molar-refractivity contribution < 1.29 is 4.79 Å². The van der Waals surface area contributed by atoms with Crippen LogP contribution in [0.2, 0.25) is 0 Å². The van der Waals surface area contributed by atoms with Crippen molar-refractivity contribution in [3.8, 4) is 11.3 Å². The Labute approximate surface area is 155 Å². The zero-order valence-corrected chi connectivity index (χ0v) is 15.7. The lowest BCUT2D eigenvalue weighted by Crippen LogP contribution is -2.14. The molecule has 3 heteroatoms. The van der Waals surface area contributed by atoms with Crippen molar-refractivity contribution in [3.63, 3.8) is 0 Å². The maximum absolute atomic E-state index is 12.1. The Morgan fingerprint density at radius 1 is 1.00 bits per heavy atom. The Morgan fingerprint density at radius 2 is 1.58 bits per heavy atom. The Balaban J connectivity index is 2.02. The van der Waals surface area contributed by atoms with E-state index in [0.717, 1.165) is 35.4 Å². The highest BCUT2D eigenvalue weighted by Gasteiger charge is 2.24. The molecule has 0 aliphatic heterocycles. The maximum Gasteiger partial charge on any atom is 0.250 e. The van der Waals surface area contributed by atoms with Crippen LogP contribution in [0.4, 0.5) is 0 Å². The van der Waals surface area contributed by atoms with Crippen LogP contribution in [-0.2, 0) is 6.42 Å². The molecule has 0 saturated carbocycles. The predicted octanol–water partition coefficient (Wildman–Crippen LogP) is 5.06. The molecule has 0 aliphatic carbocycles. The van der Waals surface area contributed by atoms with Gasteiger partial charge in [-0.15, -0.1) is 0 Å². The van der Waals surface area contributed by atoms with Crippen LogP contribution < -0.4 is 5.73 Å². The maximum atomic E-state index is 12.1. The lowest BCUT2D eigenvalue weighted by Gasteiger charge is -2.20. The van der Waals surface area contributed by atoms with Crippen molar-refractivity contribution in [1.29, 1.82) is 0 Å². The predicted molar refractivity (Wildman–Crippen MR) is 107 cm³/mol. The Bertz CT molecular complexity index is 895. The number of hydrogen-bond acceptors (Lipinski definition) is 1. The first kappa shape index (κ1) is 18.0. The molecule has 134 valence electrons. The van der Waals surface area contributed by atoms with Gasteiger partial charge in [0.05, 0.1) is 11.3 Å². The van der Waals surface area contributed by atoms with Crippen LogP contribution in [0.25, 0.3) is 11.3 Å². The standard InChI is InChI=1S/C23H26N2O/c1-16(14-15-19-10-6-4-7-11-19)25-18(3)21(23(24)26)17(2)22(25)20-12-8-5-9-13-20/h4-13,16H,14-15H2,1-3H3,(H2,24,26). The average Bonchev–Trinajstić information content (AvgIpc) is 2.92. The number of aryl methyl sites for hydroxylation is 1. The van der Waals surface area contributed by atoms with E-state index in [4.69, 9.17) is 5.73 Å². The van der Waals surface area contributed by atoms with Gasteiger partial charge in [-0.2, -0.15) is 0 Å². The molecule has 1 heterocycles. The van der Waals surface area contributed by atoms with E-state index in [2.05, 4.69) is 47.9 Å². The van der Waals surface area contributed by atoms with E-state index in [1.807, 2.05) is 38.1 Å². The summed E-state index contributed by atoms with van der Waals surface area (Å²) in [4.78, 5) is 12.1. The summed E-state index contributed by atoms with van der Waals surface area (Å²) in [5, 5.41) is 0. The minimum atomic E-state index is -0.355. The minimum Gasteiger partial charge on any atom is -0.366 e. The minimum absolute atomic E-state index is 0.261. The topological polar surface area (TPSA) is 48.0 Å². The normalized spacial score (nSPS) is 12.1. The fraction of sp³-hybridized carbons (Fsp3) is 0.261. The average molecular weight is 346 g/mol. The highest BCUT2D eigenvalue weighted by Crippen LogP contribution is 2.35. The SMILES string of the molecule is Cc1c(C(N)=O)c(C)n(C(C)CCc2ccccc2)c1-c1ccccc1. The van der Waals surface area contributed by atoms with Crippen molar-refractivity contribution in [3.05, 3.63) is 83.0 Å². The summed E-state index contributed by atoms with van der Waals surface area (Å²) in [5.74, 6) is -0.355. The van der Waals surface area contributed by atoms with E-state index in [9.17, 15) is 4.79 Å². The fourth-order valence-corrected chi connectivity index (χ4v) is 3.87. The van der Waals surface area contributed by atoms with E-state index in [1.165, 1.54) is 5.56 Å². The van der Waals surface area contributed by atoms with E-state index in [-0.39, 0.29) is 11.9 Å². The highest BCUT2D eigenvalue weighted by molar-refractivity contribution is 5.98. The van der Waals surface area contributed by atoms with Crippen molar-refractivity contribution in [2.24, 2.45) is 5.73 Å². The van der Waals surface area contributed by atoms with Crippen LogP contribution in [0.15, 0.2) is 60.7 Å². The molecule has 2 N–H and O–H groups in total. The van der Waals surface area contributed by atoms with Crippen LogP contribution in [0.3, 0.4) is 0 Å². The molecule has 0 aliphatic rings. The quantitative estimate of drug-likeness (QED) is 0.666. The number of carbonyl (C=O) groups is 1. The Hall–Kier alpha value is -2.81. The zero-order chi connectivity index (χ0) is 18.7. The van der Waals surface area contributed by atoms with Gasteiger partial charge in [0, 0.05) is 11.7 Å². The molecule has 0 bridgehead atoms. The molecule has 26 heavy (non-hydrogen) atoms. The first-order valence-corrected chi connectivity index (χ1v) is 9.11. The molecule has 0 saturated heterocycles. The summed E-state index contributed by atoms with van der Waals surface area (Å²) < 4.78 is 2.29. The number of nitrogens with two attached hydrogens (primary N) is 1. The molecular weight excluding hydrogens is 320 g/mol. The summed E-state index contributed by atoms with van der Waals surface area (Å²) in [7, 11) is 0. The Kier molecular flexibility index (Phi) is 5.27. The smallest absolute Gasteiger partial charge is 0.250 e. The molecule has 1 unspecified atom stereocenters. The number of rotatable bonds is 6. The number of primary amides is 1. The second kappa shape index (κ2) is 7.61. The molecule has 0 fully saturated rings. The largest absolute Gasteiger partial charge is 0.366 e. The van der Waals surface area contributed by atoms with Crippen molar-refractivity contribution in [1.82, 2.24) is 4.57 Å². The van der Waals surface area contributed by atoms with Gasteiger partial charge in [-0.3, -0.25) is 4.79 Å². The van der Waals surface area contributed by atoms with Crippen LogP contribution in [0.1, 0.15) is 46.6 Å². The summed E-state index contributed by atoms with van der Waals surface area (Å²) in [6.07, 6.45) is 2.00. The van der Waals surface area contributed by atoms with Crippen LogP contribution >= 0.6 is 0 Å². The van der Waals surface area contributed by atoms with Crippen LogP contribution in [-0.4, -0.2) is 10.5 Å². The number of amides is 1. The number of benzene rings is 2. The third kappa shape index (κ3) is 3.43. The van der Waals surface area contributed by atoms with Gasteiger partial charge in [-0.1, -0.05) is 60.7 Å². The van der Waals surface area contributed by atoms with Crippen molar-refractivity contribution >= 4 is 5.91 Å². The Morgan fingerprint density at radius 3 is 2.15 bits per heavy atom. The van der Waals surface area contributed by atoms with Gasteiger partial charge in [0.25, 0.3) is 5.91 Å². The van der Waals surface area contributed by atoms with Gasteiger partial charge < -0.3 is 10.3 Å². The van der Waals surface area contributed by atoms with Gasteiger partial charge in [0.1, 0.15) is 0 Å². The molecule has 3 rings (SSSR count). The second-order valence-corrected chi connectivity index (χ2v) is 6.91. The molecule has 0 spiro atoms. The molecule has 1 aromatic heterocycles. The zero-order valence-electron chi connectivity index (χ0n) is 15.7. The third-order valence-corrected chi connectivity index (χ3v) is 5.12. The number of hydrogen-bond donors (Lipinski definition) is 1. The number of nitrogens with zero attached hydrogens (tertiary/aromatic N) is 1. The molecule has 1 atom stereocenters. The van der Waals surface area contributed by atoms with Gasteiger partial charge in [0.2, 0.25) is 0 Å². The van der Waals surface area contributed by atoms with Gasteiger partial charge in [-0.05, 0) is 50.3 Å². The van der Waals surface area contributed by atoms with E-state index in [0.29, 0.717) is 5.56 Å². The molecule has 2 aromatic carbocycles. The van der Waals surface area contributed by atoms with E-state index >= 15 is 0 Å². The van der Waals surface area contributed by atoms with Crippen LogP contribution in [0.5, 0.6) is 0 Å². The monoisotopic (exact) mass is 346 g/mol. The first-order valence-electron chi connectivity index (χ1n) is 9.11. The van der Waals surface area contributed by atoms with E-state index in [1.54, 1.807) is 0 Å². The van der Waals surface area contributed by atoms with Crippen molar-refractivity contribution in [2.45, 2.75) is 39.7 Å². The second-order valence-electron chi connectivity index (χ2n) is 6.91. The first-order chi connectivity index (χ1) is 12.5. The molecule has 0 radical (unpaired) electrons. The summed E-state index contributed by atoms with van der Waals surface area (Å²) in [6, 6.07) is 21.0. The highest BCUT2D eigenvalue weighted by atomic mass is 16.1. The van der Waals surface area contributed by atoms with Crippen molar-refractivity contribution in [2.75, 3.05) is 0 Å². The third-order valence-electron chi connectivity index (χ3n) is 5.12.